The average Bonchev–Trinajstić information content (AvgIpc) is 3.63. The molecule has 11 nitrogen and oxygen atoms in total. The number of oxime groups is 1. The number of aromatic nitrogens is 2. The van der Waals surface area contributed by atoms with E-state index < -0.39 is 0 Å². The topological polar surface area (TPSA) is 127 Å². The van der Waals surface area contributed by atoms with E-state index in [4.69, 9.17) is 20.0 Å². The lowest BCUT2D eigenvalue weighted by atomic mass is 10.0. The third kappa shape index (κ3) is 5.92. The van der Waals surface area contributed by atoms with Crippen molar-refractivity contribution in [2.45, 2.75) is 12.8 Å². The Morgan fingerprint density at radius 2 is 2.03 bits per heavy atom. The molecule has 0 atom stereocenters. The number of amides is 1. The van der Waals surface area contributed by atoms with Crippen LogP contribution < -0.4 is 20.5 Å². The summed E-state index contributed by atoms with van der Waals surface area (Å²) >= 11 is 1.27. The number of hydrogen-bond donors (Lipinski definition) is 2. The molecule has 3 aromatic rings. The van der Waals surface area contributed by atoms with E-state index in [1.165, 1.54) is 24.2 Å². The second-order valence-corrected chi connectivity index (χ2v) is 10.2. The number of likely N-dealkylation sites (N-methyl/N-ethyl adjacent to an activating group) is 1. The first-order valence-electron chi connectivity index (χ1n) is 12.3. The summed E-state index contributed by atoms with van der Waals surface area (Å²) in [5.41, 5.74) is 7.80. The van der Waals surface area contributed by atoms with Crippen LogP contribution in [0, 0.1) is 0 Å². The Labute approximate surface area is 219 Å². The smallest absolute Gasteiger partial charge is 0.261 e. The zero-order valence-corrected chi connectivity index (χ0v) is 21.8. The SMILES string of the molecule is CN(C)CCNC(=O)c1cc2c(/C(=N\OCCN3CCCC3)c3ccc4c(c3)OCO4)nc(N)nc2s1. The van der Waals surface area contributed by atoms with Gasteiger partial charge >= 0.3 is 0 Å². The second kappa shape index (κ2) is 11.3. The van der Waals surface area contributed by atoms with E-state index in [1.807, 2.05) is 37.2 Å². The lowest BCUT2D eigenvalue weighted by Crippen LogP contribution is -2.30. The van der Waals surface area contributed by atoms with Gasteiger partial charge in [-0.15, -0.1) is 11.3 Å². The number of fused-ring (bicyclic) bond motifs is 2. The van der Waals surface area contributed by atoms with Crippen LogP contribution in [0.25, 0.3) is 10.2 Å². The molecule has 1 aromatic carbocycles. The number of hydrogen-bond acceptors (Lipinski definition) is 11. The maximum absolute atomic E-state index is 12.8. The van der Waals surface area contributed by atoms with Crippen LogP contribution in [-0.4, -0.2) is 91.6 Å². The monoisotopic (exact) mass is 525 g/mol. The maximum Gasteiger partial charge on any atom is 0.261 e. The molecule has 0 bridgehead atoms. The van der Waals surface area contributed by atoms with Gasteiger partial charge in [-0.1, -0.05) is 5.16 Å². The molecule has 1 amide bonds. The molecule has 3 N–H and O–H groups in total. The Balaban J connectivity index is 1.47. The number of nitrogens with two attached hydrogens (primary N) is 1. The molecule has 2 aromatic heterocycles. The van der Waals surface area contributed by atoms with Crippen molar-refractivity contribution >= 4 is 39.1 Å². The van der Waals surface area contributed by atoms with Gasteiger partial charge in [0.15, 0.2) is 11.5 Å². The molecule has 0 saturated carbocycles. The van der Waals surface area contributed by atoms with Crippen molar-refractivity contribution < 1.29 is 19.1 Å². The van der Waals surface area contributed by atoms with Crippen molar-refractivity contribution in [2.24, 2.45) is 5.16 Å². The summed E-state index contributed by atoms with van der Waals surface area (Å²) in [4.78, 5) is 33.0. The number of benzene rings is 1. The minimum atomic E-state index is -0.169. The highest BCUT2D eigenvalue weighted by molar-refractivity contribution is 7.20. The van der Waals surface area contributed by atoms with Crippen molar-refractivity contribution in [1.82, 2.24) is 25.1 Å². The van der Waals surface area contributed by atoms with E-state index in [1.54, 1.807) is 6.07 Å². The standard InChI is InChI=1S/C25H31N7O4S/c1-31(2)10-7-27-23(33)20-14-17-22(28-25(26)29-24(17)37-20)21(30-36-12-11-32-8-3-4-9-32)16-5-6-18-19(13-16)35-15-34-18/h5-6,13-14H,3-4,7-12,15H2,1-2H3,(H,27,33)(H2,26,28,29)/b30-21-. The number of nitrogens with one attached hydrogen (secondary N) is 1. The van der Waals surface area contributed by atoms with E-state index in [-0.39, 0.29) is 18.6 Å². The van der Waals surface area contributed by atoms with E-state index >= 15 is 0 Å². The third-order valence-corrected chi connectivity index (χ3v) is 7.23. The molecule has 1 fully saturated rings. The van der Waals surface area contributed by atoms with Crippen molar-refractivity contribution in [3.05, 3.63) is 40.4 Å². The van der Waals surface area contributed by atoms with Crippen molar-refractivity contribution in [1.29, 1.82) is 0 Å². The van der Waals surface area contributed by atoms with E-state index in [2.05, 4.69) is 25.3 Å². The lowest BCUT2D eigenvalue weighted by molar-refractivity contribution is 0.0955. The van der Waals surface area contributed by atoms with Gasteiger partial charge in [0.2, 0.25) is 12.7 Å². The van der Waals surface area contributed by atoms with Crippen LogP contribution in [-0.2, 0) is 4.84 Å². The van der Waals surface area contributed by atoms with Crippen molar-refractivity contribution in [3.63, 3.8) is 0 Å². The number of rotatable bonds is 10. The van der Waals surface area contributed by atoms with Gasteiger partial charge in [0.25, 0.3) is 5.91 Å². The first-order valence-corrected chi connectivity index (χ1v) is 13.1. The Hall–Kier alpha value is -3.48. The van der Waals surface area contributed by atoms with Gasteiger partial charge in [0.05, 0.1) is 4.88 Å². The highest BCUT2D eigenvalue weighted by Gasteiger charge is 2.23. The van der Waals surface area contributed by atoms with Gasteiger partial charge < -0.3 is 30.3 Å². The summed E-state index contributed by atoms with van der Waals surface area (Å²) in [7, 11) is 3.92. The molecular weight excluding hydrogens is 494 g/mol. The van der Waals surface area contributed by atoms with Crippen LogP contribution >= 0.6 is 11.3 Å². The van der Waals surface area contributed by atoms with Gasteiger partial charge in [0.1, 0.15) is 22.8 Å². The normalized spacial score (nSPS) is 15.6. The number of nitrogen functional groups attached to an aromatic ring is 1. The first kappa shape index (κ1) is 25.2. The van der Waals surface area contributed by atoms with Crippen LogP contribution in [0.3, 0.4) is 0 Å². The Morgan fingerprint density at radius 1 is 1.22 bits per heavy atom. The van der Waals surface area contributed by atoms with Crippen LogP contribution in [0.1, 0.15) is 33.8 Å². The van der Waals surface area contributed by atoms with Crippen LogP contribution in [0.5, 0.6) is 11.5 Å². The fraction of sp³-hybridized carbons (Fsp3) is 0.440. The maximum atomic E-state index is 12.8. The molecule has 196 valence electrons. The van der Waals surface area contributed by atoms with Crippen LogP contribution in [0.4, 0.5) is 5.95 Å². The van der Waals surface area contributed by atoms with Crippen LogP contribution in [0.2, 0.25) is 0 Å². The van der Waals surface area contributed by atoms with E-state index in [9.17, 15) is 4.79 Å². The number of carbonyl (C=O) groups is 1. The van der Waals surface area contributed by atoms with E-state index in [0.29, 0.717) is 51.2 Å². The molecule has 2 aliphatic heterocycles. The van der Waals surface area contributed by atoms with Crippen LogP contribution in [0.15, 0.2) is 29.4 Å². The minimum Gasteiger partial charge on any atom is -0.454 e. The number of anilines is 1. The summed E-state index contributed by atoms with van der Waals surface area (Å²) in [6.45, 7) is 4.85. The second-order valence-electron chi connectivity index (χ2n) is 9.21. The predicted octanol–water partition coefficient (Wildman–Crippen LogP) is 2.16. The average molecular weight is 526 g/mol. The minimum absolute atomic E-state index is 0.0921. The molecule has 4 heterocycles. The molecule has 0 aliphatic carbocycles. The zero-order valence-electron chi connectivity index (χ0n) is 21.0. The predicted molar refractivity (Wildman–Crippen MR) is 143 cm³/mol. The fourth-order valence-electron chi connectivity index (χ4n) is 4.27. The van der Waals surface area contributed by atoms with Gasteiger partial charge in [-0.25, -0.2) is 9.97 Å². The number of thiophene rings is 1. The van der Waals surface area contributed by atoms with Crippen molar-refractivity contribution in [3.8, 4) is 11.5 Å². The molecule has 0 spiro atoms. The summed E-state index contributed by atoms with van der Waals surface area (Å²) in [6.07, 6.45) is 2.43. The highest BCUT2D eigenvalue weighted by atomic mass is 32.1. The van der Waals surface area contributed by atoms with Gasteiger partial charge in [-0.3, -0.25) is 9.69 Å². The molecule has 2 aliphatic rings. The number of nitrogens with zero attached hydrogens (tertiary/aromatic N) is 5. The van der Waals surface area contributed by atoms with Gasteiger partial charge in [0, 0.05) is 30.6 Å². The largest absolute Gasteiger partial charge is 0.454 e. The number of carbonyl (C=O) groups excluding carboxylic acids is 1. The lowest BCUT2D eigenvalue weighted by Gasteiger charge is -2.14. The molecule has 0 unspecified atom stereocenters. The highest BCUT2D eigenvalue weighted by Crippen LogP contribution is 2.34. The Morgan fingerprint density at radius 3 is 2.84 bits per heavy atom. The van der Waals surface area contributed by atoms with Gasteiger partial charge in [-0.05, 0) is 64.3 Å². The van der Waals surface area contributed by atoms with Crippen molar-refractivity contribution in [2.75, 3.05) is 66.0 Å². The number of likely N-dealkylation sites (tertiary alicyclic amines) is 1. The molecule has 12 heteroatoms. The third-order valence-electron chi connectivity index (χ3n) is 6.20. The molecule has 0 radical (unpaired) electrons. The Kier molecular flexibility index (Phi) is 7.68. The number of ether oxygens (including phenoxy) is 2. The molecular formula is C25H31N7O4S. The molecule has 5 rings (SSSR count). The van der Waals surface area contributed by atoms with E-state index in [0.717, 1.165) is 31.7 Å². The molecule has 1 saturated heterocycles. The summed E-state index contributed by atoms with van der Waals surface area (Å²) in [6, 6.07) is 7.33. The summed E-state index contributed by atoms with van der Waals surface area (Å²) < 4.78 is 11.1. The quantitative estimate of drug-likeness (QED) is 0.232. The first-order chi connectivity index (χ1) is 18.0. The summed E-state index contributed by atoms with van der Waals surface area (Å²) in [5.74, 6) is 1.21. The zero-order chi connectivity index (χ0) is 25.8. The Bertz CT molecular complexity index is 1300. The fourth-order valence-corrected chi connectivity index (χ4v) is 5.23. The molecule has 37 heavy (non-hydrogen) atoms. The van der Waals surface area contributed by atoms with Gasteiger partial charge in [-0.2, -0.15) is 0 Å². The summed E-state index contributed by atoms with van der Waals surface area (Å²) in [5, 5.41) is 8.13.